The van der Waals surface area contributed by atoms with E-state index in [1.807, 2.05) is 26.0 Å². The summed E-state index contributed by atoms with van der Waals surface area (Å²) in [4.78, 5) is 12.0. The summed E-state index contributed by atoms with van der Waals surface area (Å²) in [7, 11) is 3.05. The Bertz CT molecular complexity index is 475. The van der Waals surface area contributed by atoms with Gasteiger partial charge >= 0.3 is 5.97 Å². The van der Waals surface area contributed by atoms with Gasteiger partial charge in [0.15, 0.2) is 0 Å². The van der Waals surface area contributed by atoms with E-state index in [4.69, 9.17) is 14.2 Å². The van der Waals surface area contributed by atoms with E-state index in [1.54, 1.807) is 7.11 Å². The van der Waals surface area contributed by atoms with Crippen molar-refractivity contribution in [2.24, 2.45) is 0 Å². The van der Waals surface area contributed by atoms with Gasteiger partial charge in [-0.15, -0.1) is 0 Å². The predicted octanol–water partition coefficient (Wildman–Crippen LogP) is 1.75. The molecule has 1 aliphatic heterocycles. The zero-order valence-corrected chi connectivity index (χ0v) is 11.2. The second kappa shape index (κ2) is 4.61. The Balaban J connectivity index is 2.50. The molecule has 0 aliphatic carbocycles. The van der Waals surface area contributed by atoms with Crippen LogP contribution in [0.4, 0.5) is 0 Å². The first-order chi connectivity index (χ1) is 8.55. The summed E-state index contributed by atoms with van der Waals surface area (Å²) in [6.07, 6.45) is 0. The van der Waals surface area contributed by atoms with Crippen LogP contribution in [0.15, 0.2) is 12.1 Å². The van der Waals surface area contributed by atoms with Gasteiger partial charge < -0.3 is 14.2 Å². The van der Waals surface area contributed by atoms with E-state index in [2.05, 4.69) is 0 Å². The Morgan fingerprint density at radius 1 is 1.22 bits per heavy atom. The van der Waals surface area contributed by atoms with Gasteiger partial charge in [0.2, 0.25) is 0 Å². The SMILES string of the molecule is COC(=O)C1(c2cc(C)c(OC)cc2C)COC1. The molecule has 0 N–H and O–H groups in total. The molecule has 4 heteroatoms. The molecular formula is C14H18O4. The fourth-order valence-corrected chi connectivity index (χ4v) is 2.41. The van der Waals surface area contributed by atoms with E-state index in [0.29, 0.717) is 13.2 Å². The Morgan fingerprint density at radius 3 is 2.33 bits per heavy atom. The van der Waals surface area contributed by atoms with Gasteiger partial charge in [-0.25, -0.2) is 0 Å². The lowest BCUT2D eigenvalue weighted by Gasteiger charge is -2.40. The molecule has 0 amide bonds. The van der Waals surface area contributed by atoms with Crippen molar-refractivity contribution in [1.82, 2.24) is 0 Å². The molecule has 18 heavy (non-hydrogen) atoms. The molecule has 0 aromatic heterocycles. The molecule has 1 heterocycles. The van der Waals surface area contributed by atoms with Crippen LogP contribution in [0.2, 0.25) is 0 Å². The lowest BCUT2D eigenvalue weighted by Crippen LogP contribution is -2.54. The molecule has 0 spiro atoms. The second-order valence-electron chi connectivity index (χ2n) is 4.70. The highest BCUT2D eigenvalue weighted by Crippen LogP contribution is 2.38. The number of hydrogen-bond donors (Lipinski definition) is 0. The molecule has 4 nitrogen and oxygen atoms in total. The minimum absolute atomic E-state index is 0.235. The van der Waals surface area contributed by atoms with Crippen molar-refractivity contribution in [2.45, 2.75) is 19.3 Å². The maximum Gasteiger partial charge on any atom is 0.321 e. The van der Waals surface area contributed by atoms with Gasteiger partial charge in [-0.05, 0) is 36.6 Å². The van der Waals surface area contributed by atoms with Crippen molar-refractivity contribution < 1.29 is 19.0 Å². The van der Waals surface area contributed by atoms with Crippen LogP contribution in [0.1, 0.15) is 16.7 Å². The lowest BCUT2D eigenvalue weighted by molar-refractivity contribution is -0.166. The van der Waals surface area contributed by atoms with Crippen molar-refractivity contribution in [3.63, 3.8) is 0 Å². The van der Waals surface area contributed by atoms with Gasteiger partial charge in [0.1, 0.15) is 11.2 Å². The van der Waals surface area contributed by atoms with Gasteiger partial charge in [-0.3, -0.25) is 4.79 Å². The highest BCUT2D eigenvalue weighted by atomic mass is 16.5. The van der Waals surface area contributed by atoms with Gasteiger partial charge in [-0.2, -0.15) is 0 Å². The Kier molecular flexibility index (Phi) is 3.30. The predicted molar refractivity (Wildman–Crippen MR) is 67.0 cm³/mol. The standard InChI is InChI=1S/C14H18O4/c1-9-6-12(16-3)10(2)5-11(9)14(7-18-8-14)13(15)17-4/h5-6H,7-8H2,1-4H3. The Hall–Kier alpha value is -1.55. The third-order valence-electron chi connectivity index (χ3n) is 3.53. The number of aryl methyl sites for hydroxylation is 2. The molecule has 0 unspecified atom stereocenters. The van der Waals surface area contributed by atoms with Crippen LogP contribution in [-0.2, 0) is 19.7 Å². The second-order valence-corrected chi connectivity index (χ2v) is 4.70. The van der Waals surface area contributed by atoms with Crippen molar-refractivity contribution in [1.29, 1.82) is 0 Å². The first-order valence-corrected chi connectivity index (χ1v) is 5.87. The summed E-state index contributed by atoms with van der Waals surface area (Å²) in [6.45, 7) is 4.70. The quantitative estimate of drug-likeness (QED) is 0.767. The third kappa shape index (κ3) is 1.77. The zero-order valence-electron chi connectivity index (χ0n) is 11.2. The van der Waals surface area contributed by atoms with Crippen LogP contribution in [0.25, 0.3) is 0 Å². The number of methoxy groups -OCH3 is 2. The van der Waals surface area contributed by atoms with Crippen LogP contribution >= 0.6 is 0 Å². The molecular weight excluding hydrogens is 232 g/mol. The van der Waals surface area contributed by atoms with Crippen LogP contribution in [-0.4, -0.2) is 33.4 Å². The van der Waals surface area contributed by atoms with Gasteiger partial charge in [0.25, 0.3) is 0 Å². The van der Waals surface area contributed by atoms with Crippen LogP contribution in [0, 0.1) is 13.8 Å². The maximum atomic E-state index is 12.0. The molecule has 1 aromatic rings. The molecule has 98 valence electrons. The van der Waals surface area contributed by atoms with E-state index in [1.165, 1.54) is 7.11 Å². The number of carbonyl (C=O) groups is 1. The van der Waals surface area contributed by atoms with E-state index in [9.17, 15) is 4.79 Å². The molecule has 0 bridgehead atoms. The molecule has 0 atom stereocenters. The van der Waals surface area contributed by atoms with E-state index < -0.39 is 5.41 Å². The number of hydrogen-bond acceptors (Lipinski definition) is 4. The summed E-state index contributed by atoms with van der Waals surface area (Å²) in [6, 6.07) is 3.95. The molecule has 0 radical (unpaired) electrons. The van der Waals surface area contributed by atoms with Crippen molar-refractivity contribution in [3.05, 3.63) is 28.8 Å². The molecule has 0 saturated carbocycles. The summed E-state index contributed by atoms with van der Waals surface area (Å²) in [5, 5.41) is 0. The third-order valence-corrected chi connectivity index (χ3v) is 3.53. The number of rotatable bonds is 3. The summed E-state index contributed by atoms with van der Waals surface area (Å²) in [5.74, 6) is 0.595. The summed E-state index contributed by atoms with van der Waals surface area (Å²) >= 11 is 0. The Morgan fingerprint density at radius 2 is 1.89 bits per heavy atom. The lowest BCUT2D eigenvalue weighted by atomic mass is 9.76. The number of carbonyl (C=O) groups excluding carboxylic acids is 1. The number of esters is 1. The largest absolute Gasteiger partial charge is 0.496 e. The van der Waals surface area contributed by atoms with Gasteiger partial charge in [-0.1, -0.05) is 6.07 Å². The summed E-state index contributed by atoms with van der Waals surface area (Å²) < 4.78 is 15.4. The Labute approximate surface area is 107 Å². The average molecular weight is 250 g/mol. The van der Waals surface area contributed by atoms with Crippen LogP contribution in [0.5, 0.6) is 5.75 Å². The van der Waals surface area contributed by atoms with E-state index >= 15 is 0 Å². The van der Waals surface area contributed by atoms with Crippen molar-refractivity contribution in [2.75, 3.05) is 27.4 Å². The fraction of sp³-hybridized carbons (Fsp3) is 0.500. The maximum absolute atomic E-state index is 12.0. The van der Waals surface area contributed by atoms with Crippen molar-refractivity contribution in [3.8, 4) is 5.75 Å². The highest BCUT2D eigenvalue weighted by molar-refractivity contribution is 5.85. The topological polar surface area (TPSA) is 44.8 Å². The van der Waals surface area contributed by atoms with Gasteiger partial charge in [0.05, 0.1) is 27.4 Å². The first kappa shape index (κ1) is 12.9. The first-order valence-electron chi connectivity index (χ1n) is 5.87. The summed E-state index contributed by atoms with van der Waals surface area (Å²) in [5.41, 5.74) is 2.36. The normalized spacial score (nSPS) is 16.9. The highest BCUT2D eigenvalue weighted by Gasteiger charge is 2.49. The van der Waals surface area contributed by atoms with E-state index in [-0.39, 0.29) is 5.97 Å². The van der Waals surface area contributed by atoms with Crippen LogP contribution < -0.4 is 4.74 Å². The van der Waals surface area contributed by atoms with Crippen molar-refractivity contribution >= 4 is 5.97 Å². The molecule has 1 aromatic carbocycles. The minimum Gasteiger partial charge on any atom is -0.496 e. The number of ether oxygens (including phenoxy) is 3. The molecule has 2 rings (SSSR count). The number of benzene rings is 1. The zero-order chi connectivity index (χ0) is 13.3. The minimum atomic E-state index is -0.643. The molecule has 1 saturated heterocycles. The fourth-order valence-electron chi connectivity index (χ4n) is 2.41. The van der Waals surface area contributed by atoms with E-state index in [0.717, 1.165) is 22.4 Å². The van der Waals surface area contributed by atoms with Gasteiger partial charge in [0, 0.05) is 0 Å². The average Bonchev–Trinajstić information content (AvgIpc) is 2.31. The monoisotopic (exact) mass is 250 g/mol. The van der Waals surface area contributed by atoms with Crippen LogP contribution in [0.3, 0.4) is 0 Å². The molecule has 1 fully saturated rings. The smallest absolute Gasteiger partial charge is 0.321 e. The molecule has 1 aliphatic rings.